The van der Waals surface area contributed by atoms with Gasteiger partial charge < -0.3 is 25.2 Å². The van der Waals surface area contributed by atoms with Crippen LogP contribution in [0, 0.1) is 5.92 Å². The van der Waals surface area contributed by atoms with Crippen LogP contribution in [0.1, 0.15) is 123 Å². The predicted octanol–water partition coefficient (Wildman–Crippen LogP) is 5.08. The van der Waals surface area contributed by atoms with E-state index >= 15 is 0 Å². The normalized spacial score (nSPS) is 28.0. The first-order valence-electron chi connectivity index (χ1n) is 12.8. The summed E-state index contributed by atoms with van der Waals surface area (Å²) in [6, 6.07) is 0. The fourth-order valence-corrected chi connectivity index (χ4v) is 4.61. The van der Waals surface area contributed by atoms with Gasteiger partial charge in [0.05, 0.1) is 6.61 Å². The quantitative estimate of drug-likeness (QED) is 0.228. The summed E-state index contributed by atoms with van der Waals surface area (Å²) in [5.41, 5.74) is 0. The fourth-order valence-electron chi connectivity index (χ4n) is 4.61. The van der Waals surface area contributed by atoms with Crippen molar-refractivity contribution in [1.82, 2.24) is 0 Å². The highest BCUT2D eigenvalue weighted by molar-refractivity contribution is 4.92. The second-order valence-corrected chi connectivity index (χ2v) is 9.55. The van der Waals surface area contributed by atoms with Gasteiger partial charge >= 0.3 is 0 Å². The average Bonchev–Trinajstić information content (AvgIpc) is 2.74. The minimum absolute atomic E-state index is 0.143. The number of unbranched alkanes of at least 4 members (excludes halogenated alkanes) is 12. The van der Waals surface area contributed by atoms with Crippen LogP contribution in [0.2, 0.25) is 0 Å². The molecule has 5 heteroatoms. The molecule has 1 aliphatic heterocycles. The maximum absolute atomic E-state index is 10.9. The highest BCUT2D eigenvalue weighted by Gasteiger charge is 2.49. The molecule has 0 saturated carbocycles. The lowest BCUT2D eigenvalue weighted by atomic mass is 9.84. The number of ether oxygens (including phenoxy) is 1. The van der Waals surface area contributed by atoms with Crippen LogP contribution in [-0.2, 0) is 4.74 Å². The Balaban J connectivity index is 2.43. The third kappa shape index (κ3) is 10.9. The van der Waals surface area contributed by atoms with E-state index < -0.39 is 24.1 Å². The number of aliphatic hydroxyl groups is 4. The molecule has 0 spiro atoms. The van der Waals surface area contributed by atoms with E-state index in [2.05, 4.69) is 13.8 Å². The molecule has 1 rings (SSSR count). The maximum atomic E-state index is 10.9. The Morgan fingerprint density at radius 2 is 1.17 bits per heavy atom. The van der Waals surface area contributed by atoms with Crippen molar-refractivity contribution in [2.24, 2.45) is 5.92 Å². The minimum atomic E-state index is -1.76. The minimum Gasteiger partial charge on any atom is -0.388 e. The molecule has 1 saturated heterocycles. The topological polar surface area (TPSA) is 90.2 Å². The van der Waals surface area contributed by atoms with Crippen LogP contribution >= 0.6 is 0 Å². The van der Waals surface area contributed by atoms with Gasteiger partial charge in [-0.05, 0) is 5.92 Å². The van der Waals surface area contributed by atoms with Crippen molar-refractivity contribution in [2.75, 3.05) is 6.61 Å². The number of rotatable bonds is 18. The van der Waals surface area contributed by atoms with E-state index in [4.69, 9.17) is 4.74 Å². The molecular weight excluding hydrogens is 380 g/mol. The van der Waals surface area contributed by atoms with Crippen LogP contribution < -0.4 is 0 Å². The zero-order valence-electron chi connectivity index (χ0n) is 19.7. The summed E-state index contributed by atoms with van der Waals surface area (Å²) in [7, 11) is 0. The van der Waals surface area contributed by atoms with Gasteiger partial charge in [-0.2, -0.15) is 0 Å². The van der Waals surface area contributed by atoms with Crippen LogP contribution in [0.4, 0.5) is 0 Å². The molecule has 5 nitrogen and oxygen atoms in total. The molecule has 1 heterocycles. The van der Waals surface area contributed by atoms with Crippen LogP contribution in [0.5, 0.6) is 0 Å². The van der Waals surface area contributed by atoms with Gasteiger partial charge in [0.1, 0.15) is 18.3 Å². The van der Waals surface area contributed by atoms with Crippen LogP contribution in [0.25, 0.3) is 0 Å². The fraction of sp³-hybridized carbons (Fsp3) is 1.00. The van der Waals surface area contributed by atoms with Gasteiger partial charge in [-0.15, -0.1) is 0 Å². The van der Waals surface area contributed by atoms with E-state index in [1.807, 2.05) is 0 Å². The van der Waals surface area contributed by atoms with Gasteiger partial charge in [-0.3, -0.25) is 0 Å². The molecule has 30 heavy (non-hydrogen) atoms. The summed E-state index contributed by atoms with van der Waals surface area (Å²) in [6.07, 6.45) is 16.0. The summed E-state index contributed by atoms with van der Waals surface area (Å²) in [6.45, 7) is 4.32. The molecule has 0 aromatic carbocycles. The van der Waals surface area contributed by atoms with Gasteiger partial charge in [0.25, 0.3) is 0 Å². The third-order valence-corrected chi connectivity index (χ3v) is 6.70. The molecule has 5 atom stereocenters. The van der Waals surface area contributed by atoms with Crippen molar-refractivity contribution in [2.45, 2.75) is 147 Å². The van der Waals surface area contributed by atoms with Gasteiger partial charge in [0, 0.05) is 6.42 Å². The van der Waals surface area contributed by atoms with E-state index in [0.717, 1.165) is 25.7 Å². The molecule has 0 radical (unpaired) electrons. The van der Waals surface area contributed by atoms with E-state index in [0.29, 0.717) is 6.42 Å². The second kappa shape index (κ2) is 16.4. The molecule has 0 amide bonds. The van der Waals surface area contributed by atoms with Crippen molar-refractivity contribution in [3.8, 4) is 0 Å². The lowest BCUT2D eigenvalue weighted by Gasteiger charge is -2.43. The Morgan fingerprint density at radius 1 is 0.733 bits per heavy atom. The molecule has 0 bridgehead atoms. The van der Waals surface area contributed by atoms with Crippen molar-refractivity contribution in [3.05, 3.63) is 0 Å². The highest BCUT2D eigenvalue weighted by Crippen LogP contribution is 2.34. The lowest BCUT2D eigenvalue weighted by molar-refractivity contribution is -0.327. The third-order valence-electron chi connectivity index (χ3n) is 6.70. The molecule has 180 valence electrons. The smallest absolute Gasteiger partial charge is 0.194 e. The van der Waals surface area contributed by atoms with Gasteiger partial charge in [-0.25, -0.2) is 0 Å². The molecule has 1 aliphatic rings. The summed E-state index contributed by atoms with van der Waals surface area (Å²) in [5, 5.41) is 40.8. The number of aliphatic hydroxyl groups excluding tert-OH is 3. The first-order chi connectivity index (χ1) is 14.4. The Morgan fingerprint density at radius 3 is 1.63 bits per heavy atom. The van der Waals surface area contributed by atoms with Crippen molar-refractivity contribution in [3.63, 3.8) is 0 Å². The second-order valence-electron chi connectivity index (χ2n) is 9.55. The van der Waals surface area contributed by atoms with E-state index in [1.165, 1.54) is 77.0 Å². The summed E-state index contributed by atoms with van der Waals surface area (Å²) in [4.78, 5) is 0. The van der Waals surface area contributed by atoms with Crippen LogP contribution in [0.15, 0.2) is 0 Å². The molecule has 4 N–H and O–H groups in total. The predicted molar refractivity (Wildman–Crippen MR) is 122 cm³/mol. The van der Waals surface area contributed by atoms with E-state index in [-0.39, 0.29) is 12.5 Å². The zero-order valence-corrected chi connectivity index (χ0v) is 19.7. The number of hydrogen-bond donors (Lipinski definition) is 4. The molecular formula is C25H50O5. The van der Waals surface area contributed by atoms with E-state index in [9.17, 15) is 20.4 Å². The zero-order chi connectivity index (χ0) is 22.2. The van der Waals surface area contributed by atoms with Crippen molar-refractivity contribution >= 4 is 0 Å². The van der Waals surface area contributed by atoms with Crippen LogP contribution in [0.3, 0.4) is 0 Å². The molecule has 0 aliphatic carbocycles. The Hall–Kier alpha value is -0.200. The Labute approximate surface area is 185 Å². The summed E-state index contributed by atoms with van der Waals surface area (Å²) < 4.78 is 5.43. The summed E-state index contributed by atoms with van der Waals surface area (Å²) >= 11 is 0. The molecule has 1 fully saturated rings. The van der Waals surface area contributed by atoms with Crippen LogP contribution in [-0.4, -0.2) is 51.1 Å². The van der Waals surface area contributed by atoms with Gasteiger partial charge in [0.15, 0.2) is 5.79 Å². The Bertz CT molecular complexity index is 405. The molecule has 0 aromatic rings. The molecule has 0 aromatic heterocycles. The first kappa shape index (κ1) is 27.8. The first-order valence-corrected chi connectivity index (χ1v) is 12.8. The maximum Gasteiger partial charge on any atom is 0.194 e. The van der Waals surface area contributed by atoms with Crippen molar-refractivity contribution < 1.29 is 25.2 Å². The largest absolute Gasteiger partial charge is 0.388 e. The van der Waals surface area contributed by atoms with Gasteiger partial charge in [-0.1, -0.05) is 117 Å². The highest BCUT2D eigenvalue weighted by atomic mass is 16.6. The standard InChI is InChI=1S/C25H50O5/c1-3-5-7-9-11-12-14-16-18-21(17-15-13-10-8-6-4-2)19-25(29)24(28)23(27)22(26)20-30-25/h21-24,26-29H,3-20H2,1-2H3/t21?,22-,23+,24-,25?/m1/s1. The molecule has 2 unspecified atom stereocenters. The number of hydrogen-bond acceptors (Lipinski definition) is 5. The lowest BCUT2D eigenvalue weighted by Crippen LogP contribution is -2.61. The van der Waals surface area contributed by atoms with E-state index in [1.54, 1.807) is 0 Å². The summed E-state index contributed by atoms with van der Waals surface area (Å²) in [5.74, 6) is -1.50. The average molecular weight is 431 g/mol. The Kier molecular flexibility index (Phi) is 15.2. The monoisotopic (exact) mass is 430 g/mol. The van der Waals surface area contributed by atoms with Crippen molar-refractivity contribution in [1.29, 1.82) is 0 Å². The van der Waals surface area contributed by atoms with Gasteiger partial charge in [0.2, 0.25) is 0 Å². The SMILES string of the molecule is CCCCCCCCCCC(CCCCCCCC)CC1(O)OC[C@@H](O)[C@H](O)[C@H]1O.